The number of halogens is 2. The molecule has 160 valence electrons. The number of carbonyl (C=O) groups excluding carboxylic acids is 2. The van der Waals surface area contributed by atoms with E-state index in [4.69, 9.17) is 0 Å². The Bertz CT molecular complexity index is 941. The van der Waals surface area contributed by atoms with Crippen LogP contribution >= 0.6 is 0 Å². The fraction of sp³-hybridized carbons (Fsp3) is 0.364. The molecule has 1 saturated heterocycles. The number of nitrogens with one attached hydrogen (secondary N) is 2. The van der Waals surface area contributed by atoms with Crippen LogP contribution in [-0.4, -0.2) is 49.9 Å². The summed E-state index contributed by atoms with van der Waals surface area (Å²) in [6, 6.07) is 8.73. The predicted molar refractivity (Wildman–Crippen MR) is 114 cm³/mol. The van der Waals surface area contributed by atoms with Gasteiger partial charge < -0.3 is 20.4 Å². The largest absolute Gasteiger partial charge is 0.369 e. The molecule has 2 aromatic carbocycles. The van der Waals surface area contributed by atoms with Crippen molar-refractivity contribution in [1.82, 2.24) is 4.90 Å². The highest BCUT2D eigenvalue weighted by Gasteiger charge is 2.22. The highest BCUT2D eigenvalue weighted by Crippen LogP contribution is 2.27. The minimum absolute atomic E-state index is 0.0854. The van der Waals surface area contributed by atoms with Crippen LogP contribution in [0.3, 0.4) is 0 Å². The maximum atomic E-state index is 14.7. The van der Waals surface area contributed by atoms with Crippen LogP contribution in [0, 0.1) is 11.6 Å². The van der Waals surface area contributed by atoms with E-state index in [1.165, 1.54) is 25.1 Å². The van der Waals surface area contributed by atoms with E-state index < -0.39 is 23.4 Å². The second kappa shape index (κ2) is 9.21. The van der Waals surface area contributed by atoms with E-state index >= 15 is 0 Å². The average molecular weight is 416 g/mol. The number of rotatable bonds is 5. The lowest BCUT2D eigenvalue weighted by Crippen LogP contribution is -2.42. The Kier molecular flexibility index (Phi) is 6.66. The lowest BCUT2D eigenvalue weighted by Gasteiger charge is -2.36. The van der Waals surface area contributed by atoms with Crippen LogP contribution < -0.4 is 15.5 Å². The molecule has 8 heteroatoms. The number of hydrogen-bond acceptors (Lipinski definition) is 4. The van der Waals surface area contributed by atoms with E-state index in [0.717, 1.165) is 32.0 Å². The SMILES string of the molecule is CC(=O)Nc1cc(C(=O)Nc2ccc(N3CCC(N(C)C)CC3)c(F)c2)ccc1F. The van der Waals surface area contributed by atoms with Gasteiger partial charge in [-0.2, -0.15) is 0 Å². The van der Waals surface area contributed by atoms with Crippen molar-refractivity contribution in [2.24, 2.45) is 0 Å². The van der Waals surface area contributed by atoms with Crippen molar-refractivity contribution in [1.29, 1.82) is 0 Å². The van der Waals surface area contributed by atoms with Crippen LogP contribution in [0.25, 0.3) is 0 Å². The van der Waals surface area contributed by atoms with Gasteiger partial charge in [-0.1, -0.05) is 0 Å². The Labute approximate surface area is 174 Å². The van der Waals surface area contributed by atoms with E-state index in [-0.39, 0.29) is 11.3 Å². The summed E-state index contributed by atoms with van der Waals surface area (Å²) >= 11 is 0. The van der Waals surface area contributed by atoms with Crippen molar-refractivity contribution in [2.75, 3.05) is 42.7 Å². The average Bonchev–Trinajstić information content (AvgIpc) is 2.69. The summed E-state index contributed by atoms with van der Waals surface area (Å²) in [7, 11) is 4.11. The van der Waals surface area contributed by atoms with Crippen molar-refractivity contribution in [3.63, 3.8) is 0 Å². The van der Waals surface area contributed by atoms with Gasteiger partial charge in [0, 0.05) is 37.3 Å². The summed E-state index contributed by atoms with van der Waals surface area (Å²) in [6.07, 6.45) is 1.93. The first-order chi connectivity index (χ1) is 14.2. The molecule has 30 heavy (non-hydrogen) atoms. The summed E-state index contributed by atoms with van der Waals surface area (Å²) in [5, 5.41) is 4.94. The highest BCUT2D eigenvalue weighted by atomic mass is 19.1. The zero-order valence-electron chi connectivity index (χ0n) is 17.3. The first-order valence-corrected chi connectivity index (χ1v) is 9.84. The summed E-state index contributed by atoms with van der Waals surface area (Å²) < 4.78 is 28.5. The van der Waals surface area contributed by atoms with Crippen molar-refractivity contribution < 1.29 is 18.4 Å². The lowest BCUT2D eigenvalue weighted by molar-refractivity contribution is -0.114. The van der Waals surface area contributed by atoms with E-state index in [1.807, 2.05) is 4.90 Å². The zero-order chi connectivity index (χ0) is 21.8. The smallest absolute Gasteiger partial charge is 0.255 e. The number of piperidine rings is 1. The van der Waals surface area contributed by atoms with Crippen LogP contribution in [-0.2, 0) is 4.79 Å². The maximum absolute atomic E-state index is 14.7. The predicted octanol–water partition coefficient (Wildman–Crippen LogP) is 3.71. The summed E-state index contributed by atoms with van der Waals surface area (Å²) in [5.41, 5.74) is 0.878. The molecule has 0 aromatic heterocycles. The molecule has 0 radical (unpaired) electrons. The molecule has 2 amide bonds. The van der Waals surface area contributed by atoms with Gasteiger partial charge in [0.15, 0.2) is 0 Å². The van der Waals surface area contributed by atoms with Gasteiger partial charge in [0.25, 0.3) is 5.91 Å². The molecule has 0 unspecified atom stereocenters. The normalized spacial score (nSPS) is 14.7. The summed E-state index contributed by atoms with van der Waals surface area (Å²) in [6.45, 7) is 2.79. The van der Waals surface area contributed by atoms with E-state index in [9.17, 15) is 18.4 Å². The Morgan fingerprint density at radius 2 is 1.70 bits per heavy atom. The van der Waals surface area contributed by atoms with Gasteiger partial charge in [0.1, 0.15) is 11.6 Å². The van der Waals surface area contributed by atoms with Gasteiger partial charge in [-0.3, -0.25) is 9.59 Å². The molecule has 0 saturated carbocycles. The fourth-order valence-corrected chi connectivity index (χ4v) is 3.62. The van der Waals surface area contributed by atoms with Crippen LogP contribution in [0.1, 0.15) is 30.1 Å². The molecule has 1 aliphatic rings. The number of nitrogens with zero attached hydrogens (tertiary/aromatic N) is 2. The Morgan fingerprint density at radius 3 is 2.30 bits per heavy atom. The second-order valence-electron chi connectivity index (χ2n) is 7.68. The van der Waals surface area contributed by atoms with Gasteiger partial charge in [-0.05, 0) is 63.3 Å². The van der Waals surface area contributed by atoms with Crippen LogP contribution in [0.5, 0.6) is 0 Å². The molecule has 6 nitrogen and oxygen atoms in total. The number of carbonyl (C=O) groups is 2. The van der Waals surface area contributed by atoms with Gasteiger partial charge >= 0.3 is 0 Å². The minimum Gasteiger partial charge on any atom is -0.369 e. The third-order valence-corrected chi connectivity index (χ3v) is 5.28. The molecule has 2 N–H and O–H groups in total. The second-order valence-corrected chi connectivity index (χ2v) is 7.68. The standard InChI is InChI=1S/C22H26F2N4O2/c1-14(29)25-20-12-15(4-6-18(20)23)22(30)26-16-5-7-21(19(24)13-16)28-10-8-17(9-11-28)27(2)3/h4-7,12-13,17H,8-11H2,1-3H3,(H,25,29)(H,26,30). The van der Waals surface area contributed by atoms with Crippen molar-refractivity contribution in [3.8, 4) is 0 Å². The van der Waals surface area contributed by atoms with Crippen molar-refractivity contribution in [3.05, 3.63) is 53.6 Å². The number of amides is 2. The van der Waals surface area contributed by atoms with Gasteiger partial charge in [-0.15, -0.1) is 0 Å². The molecule has 0 bridgehead atoms. The number of benzene rings is 2. The Morgan fingerprint density at radius 1 is 1.00 bits per heavy atom. The molecule has 1 heterocycles. The van der Waals surface area contributed by atoms with Crippen LogP contribution in [0.2, 0.25) is 0 Å². The topological polar surface area (TPSA) is 64.7 Å². The summed E-state index contributed by atoms with van der Waals surface area (Å²) in [4.78, 5) is 27.8. The highest BCUT2D eigenvalue weighted by molar-refractivity contribution is 6.05. The Balaban J connectivity index is 1.69. The van der Waals surface area contributed by atoms with E-state index in [2.05, 4.69) is 29.6 Å². The quantitative estimate of drug-likeness (QED) is 0.780. The first kappa shape index (κ1) is 21.7. The zero-order valence-corrected chi connectivity index (χ0v) is 17.3. The van der Waals surface area contributed by atoms with E-state index in [0.29, 0.717) is 17.4 Å². The van der Waals surface area contributed by atoms with Crippen molar-refractivity contribution in [2.45, 2.75) is 25.8 Å². The lowest BCUT2D eigenvalue weighted by atomic mass is 10.0. The molecular weight excluding hydrogens is 390 g/mol. The molecule has 2 aromatic rings. The monoisotopic (exact) mass is 416 g/mol. The number of anilines is 3. The Hall–Kier alpha value is -3.00. The van der Waals surface area contributed by atoms with Crippen LogP contribution in [0.4, 0.5) is 25.8 Å². The van der Waals surface area contributed by atoms with Gasteiger partial charge in [0.05, 0.1) is 11.4 Å². The summed E-state index contributed by atoms with van der Waals surface area (Å²) in [5.74, 6) is -2.02. The third-order valence-electron chi connectivity index (χ3n) is 5.28. The molecule has 0 atom stereocenters. The van der Waals surface area contributed by atoms with E-state index in [1.54, 1.807) is 12.1 Å². The van der Waals surface area contributed by atoms with Gasteiger partial charge in [0.2, 0.25) is 5.91 Å². The fourth-order valence-electron chi connectivity index (χ4n) is 3.62. The molecule has 3 rings (SSSR count). The maximum Gasteiger partial charge on any atom is 0.255 e. The molecule has 1 aliphatic heterocycles. The minimum atomic E-state index is -0.643. The van der Waals surface area contributed by atoms with Crippen LogP contribution in [0.15, 0.2) is 36.4 Å². The number of hydrogen-bond donors (Lipinski definition) is 2. The third kappa shape index (κ3) is 5.13. The molecular formula is C22H26F2N4O2. The first-order valence-electron chi connectivity index (χ1n) is 9.84. The molecule has 0 spiro atoms. The molecule has 1 fully saturated rings. The molecule has 0 aliphatic carbocycles. The van der Waals surface area contributed by atoms with Crippen molar-refractivity contribution >= 4 is 28.9 Å². The van der Waals surface area contributed by atoms with Gasteiger partial charge in [-0.25, -0.2) is 8.78 Å².